The van der Waals surface area contributed by atoms with E-state index >= 15 is 0 Å². The number of amides is 1. The van der Waals surface area contributed by atoms with E-state index in [-0.39, 0.29) is 24.4 Å². The summed E-state index contributed by atoms with van der Waals surface area (Å²) in [6.07, 6.45) is 4.75. The van der Waals surface area contributed by atoms with E-state index in [0.29, 0.717) is 12.3 Å². The molecule has 0 bridgehead atoms. The molecule has 98 valence electrons. The van der Waals surface area contributed by atoms with Crippen LogP contribution in [0.15, 0.2) is 0 Å². The standard InChI is InChI=1S/C11H19NO4S/c13-10(7-16-9-3-1-2-4-9)12-5-6-17-8-11(14)15/h9H,1-8H2,(H,12,13)(H,14,15). The third kappa shape index (κ3) is 7.23. The van der Waals surface area contributed by atoms with Crippen LogP contribution in [0.3, 0.4) is 0 Å². The second-order valence-electron chi connectivity index (χ2n) is 4.01. The van der Waals surface area contributed by atoms with E-state index in [2.05, 4.69) is 5.32 Å². The molecule has 17 heavy (non-hydrogen) atoms. The van der Waals surface area contributed by atoms with Crippen molar-refractivity contribution in [2.75, 3.05) is 24.7 Å². The Morgan fingerprint density at radius 2 is 2.06 bits per heavy atom. The lowest BCUT2D eigenvalue weighted by molar-refractivity contribution is -0.134. The zero-order chi connectivity index (χ0) is 12.5. The van der Waals surface area contributed by atoms with Gasteiger partial charge in [0.25, 0.3) is 0 Å². The second-order valence-corrected chi connectivity index (χ2v) is 5.12. The number of ether oxygens (including phenoxy) is 1. The van der Waals surface area contributed by atoms with Crippen molar-refractivity contribution in [3.8, 4) is 0 Å². The highest BCUT2D eigenvalue weighted by Gasteiger charge is 2.16. The minimum absolute atomic E-state index is 0.0778. The van der Waals surface area contributed by atoms with Crippen LogP contribution < -0.4 is 5.32 Å². The van der Waals surface area contributed by atoms with Crippen LogP contribution in [0, 0.1) is 0 Å². The smallest absolute Gasteiger partial charge is 0.313 e. The van der Waals surface area contributed by atoms with Crippen molar-refractivity contribution >= 4 is 23.6 Å². The van der Waals surface area contributed by atoms with Gasteiger partial charge in [-0.25, -0.2) is 0 Å². The molecule has 5 nitrogen and oxygen atoms in total. The van der Waals surface area contributed by atoms with E-state index in [1.807, 2.05) is 0 Å². The summed E-state index contributed by atoms with van der Waals surface area (Å²) < 4.78 is 5.45. The van der Waals surface area contributed by atoms with Gasteiger partial charge in [0.05, 0.1) is 11.9 Å². The molecular formula is C11H19NO4S. The van der Waals surface area contributed by atoms with E-state index in [0.717, 1.165) is 12.8 Å². The van der Waals surface area contributed by atoms with Crippen molar-refractivity contribution in [1.82, 2.24) is 5.32 Å². The lowest BCUT2D eigenvalue weighted by atomic mass is 10.3. The fourth-order valence-corrected chi connectivity index (χ4v) is 2.29. The summed E-state index contributed by atoms with van der Waals surface area (Å²) in [6.45, 7) is 0.610. The molecule has 0 aromatic heterocycles. The van der Waals surface area contributed by atoms with E-state index in [9.17, 15) is 9.59 Å². The zero-order valence-corrected chi connectivity index (χ0v) is 10.6. The summed E-state index contributed by atoms with van der Waals surface area (Å²) >= 11 is 1.29. The minimum Gasteiger partial charge on any atom is -0.481 e. The normalized spacial score (nSPS) is 16.0. The summed E-state index contributed by atoms with van der Waals surface area (Å²) in [5.74, 6) is -0.255. The Hall–Kier alpha value is -0.750. The van der Waals surface area contributed by atoms with Crippen molar-refractivity contribution in [2.24, 2.45) is 0 Å². The van der Waals surface area contributed by atoms with Crippen LogP contribution in [-0.2, 0) is 14.3 Å². The van der Waals surface area contributed by atoms with Gasteiger partial charge in [-0.2, -0.15) is 0 Å². The quantitative estimate of drug-likeness (QED) is 0.634. The summed E-state index contributed by atoms with van der Waals surface area (Å²) in [4.78, 5) is 21.6. The molecule has 0 atom stereocenters. The van der Waals surface area contributed by atoms with Crippen molar-refractivity contribution in [3.63, 3.8) is 0 Å². The highest BCUT2D eigenvalue weighted by atomic mass is 32.2. The molecule has 6 heteroatoms. The van der Waals surface area contributed by atoms with Gasteiger partial charge >= 0.3 is 5.97 Å². The number of nitrogens with one attached hydrogen (secondary N) is 1. The first-order chi connectivity index (χ1) is 8.18. The first-order valence-electron chi connectivity index (χ1n) is 5.86. The van der Waals surface area contributed by atoms with Crippen LogP contribution in [0.1, 0.15) is 25.7 Å². The number of carbonyl (C=O) groups is 2. The lowest BCUT2D eigenvalue weighted by Gasteiger charge is -2.10. The highest BCUT2D eigenvalue weighted by Crippen LogP contribution is 2.20. The lowest BCUT2D eigenvalue weighted by Crippen LogP contribution is -2.31. The largest absolute Gasteiger partial charge is 0.481 e. The van der Waals surface area contributed by atoms with Crippen LogP contribution in [0.4, 0.5) is 0 Å². The molecule has 2 N–H and O–H groups in total. The Bertz CT molecular complexity index is 254. The van der Waals surface area contributed by atoms with Crippen LogP contribution in [0.2, 0.25) is 0 Å². The van der Waals surface area contributed by atoms with Crippen molar-refractivity contribution in [2.45, 2.75) is 31.8 Å². The Kier molecular flexibility index (Phi) is 7.04. The molecule has 1 fully saturated rings. The van der Waals surface area contributed by atoms with Gasteiger partial charge in [0.15, 0.2) is 0 Å². The van der Waals surface area contributed by atoms with Gasteiger partial charge in [-0.3, -0.25) is 9.59 Å². The van der Waals surface area contributed by atoms with Gasteiger partial charge in [0, 0.05) is 12.3 Å². The Morgan fingerprint density at radius 3 is 2.71 bits per heavy atom. The van der Waals surface area contributed by atoms with Gasteiger partial charge < -0.3 is 15.2 Å². The summed E-state index contributed by atoms with van der Waals surface area (Å²) in [6, 6.07) is 0. The van der Waals surface area contributed by atoms with Gasteiger partial charge in [-0.1, -0.05) is 12.8 Å². The Labute approximate surface area is 105 Å². The summed E-state index contributed by atoms with van der Waals surface area (Å²) in [7, 11) is 0. The van der Waals surface area contributed by atoms with Crippen LogP contribution in [0.5, 0.6) is 0 Å². The molecular weight excluding hydrogens is 242 g/mol. The predicted octanol–water partition coefficient (Wildman–Crippen LogP) is 0.880. The van der Waals surface area contributed by atoms with Gasteiger partial charge in [0.2, 0.25) is 5.91 Å². The number of hydrogen-bond donors (Lipinski definition) is 2. The average Bonchev–Trinajstić information content (AvgIpc) is 2.78. The SMILES string of the molecule is O=C(O)CSCCNC(=O)COC1CCCC1. The molecule has 1 amide bonds. The van der Waals surface area contributed by atoms with E-state index in [4.69, 9.17) is 9.84 Å². The Balaban J connectivity index is 1.92. The van der Waals surface area contributed by atoms with Crippen LogP contribution >= 0.6 is 11.8 Å². The van der Waals surface area contributed by atoms with Gasteiger partial charge in [-0.15, -0.1) is 11.8 Å². The molecule has 0 heterocycles. The van der Waals surface area contributed by atoms with Crippen molar-refractivity contribution in [1.29, 1.82) is 0 Å². The molecule has 1 aliphatic carbocycles. The molecule has 1 rings (SSSR count). The topological polar surface area (TPSA) is 75.6 Å². The second kappa shape index (κ2) is 8.36. The molecule has 0 aliphatic heterocycles. The van der Waals surface area contributed by atoms with Crippen molar-refractivity contribution in [3.05, 3.63) is 0 Å². The number of aliphatic carboxylic acids is 1. The first-order valence-corrected chi connectivity index (χ1v) is 7.02. The monoisotopic (exact) mass is 261 g/mol. The average molecular weight is 261 g/mol. The fourth-order valence-electron chi connectivity index (χ4n) is 1.72. The molecule has 1 aliphatic rings. The summed E-state index contributed by atoms with van der Waals surface area (Å²) in [5, 5.41) is 11.1. The molecule has 0 aromatic carbocycles. The number of hydrogen-bond acceptors (Lipinski definition) is 4. The molecule has 1 saturated carbocycles. The maximum atomic E-state index is 11.3. The first kappa shape index (κ1) is 14.3. The fraction of sp³-hybridized carbons (Fsp3) is 0.818. The van der Waals surface area contributed by atoms with E-state index in [1.165, 1.54) is 24.6 Å². The van der Waals surface area contributed by atoms with Crippen molar-refractivity contribution < 1.29 is 19.4 Å². The number of carboxylic acid groups (broad SMARTS) is 1. The predicted molar refractivity (Wildman–Crippen MR) is 66.2 cm³/mol. The molecule has 0 radical (unpaired) electrons. The van der Waals surface area contributed by atoms with Gasteiger partial charge in [0.1, 0.15) is 6.61 Å². The number of carboxylic acids is 1. The third-order valence-corrected chi connectivity index (χ3v) is 3.49. The maximum absolute atomic E-state index is 11.3. The highest BCUT2D eigenvalue weighted by molar-refractivity contribution is 7.99. The number of rotatable bonds is 8. The summed E-state index contributed by atoms with van der Waals surface area (Å²) in [5.41, 5.74) is 0. The van der Waals surface area contributed by atoms with Crippen LogP contribution in [0.25, 0.3) is 0 Å². The zero-order valence-electron chi connectivity index (χ0n) is 9.81. The molecule has 0 aromatic rings. The van der Waals surface area contributed by atoms with Crippen LogP contribution in [-0.4, -0.2) is 47.7 Å². The van der Waals surface area contributed by atoms with Gasteiger partial charge in [-0.05, 0) is 12.8 Å². The van der Waals surface area contributed by atoms with E-state index < -0.39 is 5.97 Å². The molecule has 0 spiro atoms. The Morgan fingerprint density at radius 1 is 1.35 bits per heavy atom. The number of thioether (sulfide) groups is 1. The maximum Gasteiger partial charge on any atom is 0.313 e. The molecule has 0 saturated heterocycles. The third-order valence-electron chi connectivity index (χ3n) is 2.55. The van der Waals surface area contributed by atoms with E-state index in [1.54, 1.807) is 0 Å². The minimum atomic E-state index is -0.828. The number of carbonyl (C=O) groups excluding carboxylic acids is 1. The molecule has 0 unspecified atom stereocenters.